The van der Waals surface area contributed by atoms with Crippen molar-refractivity contribution in [2.45, 2.75) is 0 Å². The Bertz CT molecular complexity index is 1310. The SMILES string of the molecule is C1=CC(C2C(c3ccccc3)=C(c3ccccc3)C(c3ccccc3)=C2c2ccccc2)=C1.[Co]. The fourth-order valence-electron chi connectivity index (χ4n) is 5.10. The van der Waals surface area contributed by atoms with Gasteiger partial charge in [-0.05, 0) is 50.1 Å². The number of hydrogen-bond donors (Lipinski definition) is 0. The molecular weight excluding hydrogens is 455 g/mol. The fourth-order valence-corrected chi connectivity index (χ4v) is 5.10. The minimum Gasteiger partial charge on any atom is -0.0622 e. The van der Waals surface area contributed by atoms with Crippen LogP contribution in [0.4, 0.5) is 0 Å². The summed E-state index contributed by atoms with van der Waals surface area (Å²) in [5, 5.41) is 0. The molecule has 0 aromatic heterocycles. The third-order valence-electron chi connectivity index (χ3n) is 6.57. The molecule has 0 saturated heterocycles. The first-order chi connectivity index (χ1) is 16.4. The Hall–Kier alpha value is -3.65. The molecule has 1 radical (unpaired) electrons. The van der Waals surface area contributed by atoms with Crippen LogP contribution in [0.1, 0.15) is 22.3 Å². The molecular formula is C33H24Co. The summed E-state index contributed by atoms with van der Waals surface area (Å²) in [5.41, 5.74) is 11.9. The molecule has 6 rings (SSSR count). The number of benzene rings is 4. The number of rotatable bonds is 5. The molecule has 2 aliphatic rings. The van der Waals surface area contributed by atoms with E-state index in [0.717, 1.165) is 0 Å². The van der Waals surface area contributed by atoms with Crippen LogP contribution in [0, 0.1) is 5.92 Å². The van der Waals surface area contributed by atoms with Crippen molar-refractivity contribution >= 4 is 22.3 Å². The molecule has 165 valence electrons. The fraction of sp³-hybridized carbons (Fsp3) is 0.0303. The summed E-state index contributed by atoms with van der Waals surface area (Å²) in [7, 11) is 0. The van der Waals surface area contributed by atoms with Crippen molar-refractivity contribution < 1.29 is 16.8 Å². The second kappa shape index (κ2) is 9.68. The normalized spacial score (nSPS) is 15.1. The smallest absolute Gasteiger partial charge is 0.0364 e. The van der Waals surface area contributed by atoms with Gasteiger partial charge < -0.3 is 0 Å². The van der Waals surface area contributed by atoms with Crippen molar-refractivity contribution in [1.82, 2.24) is 0 Å². The zero-order valence-electron chi connectivity index (χ0n) is 18.7. The molecule has 0 unspecified atom stereocenters. The van der Waals surface area contributed by atoms with Crippen LogP contribution in [0.3, 0.4) is 0 Å². The van der Waals surface area contributed by atoms with Gasteiger partial charge in [-0.1, -0.05) is 140 Å². The van der Waals surface area contributed by atoms with Gasteiger partial charge in [-0.25, -0.2) is 0 Å². The van der Waals surface area contributed by atoms with Crippen LogP contribution < -0.4 is 0 Å². The molecule has 4 aromatic rings. The van der Waals surface area contributed by atoms with Crippen LogP contribution in [0.25, 0.3) is 22.3 Å². The summed E-state index contributed by atoms with van der Waals surface area (Å²) in [4.78, 5) is 0. The van der Waals surface area contributed by atoms with Gasteiger partial charge >= 0.3 is 0 Å². The zero-order chi connectivity index (χ0) is 22.0. The summed E-state index contributed by atoms with van der Waals surface area (Å²) in [5.74, 6) is 0.185. The van der Waals surface area contributed by atoms with Crippen LogP contribution >= 0.6 is 0 Å². The number of allylic oxidation sites excluding steroid dienone is 8. The van der Waals surface area contributed by atoms with E-state index >= 15 is 0 Å². The molecule has 34 heavy (non-hydrogen) atoms. The van der Waals surface area contributed by atoms with E-state index in [0.29, 0.717) is 0 Å². The van der Waals surface area contributed by atoms with Gasteiger partial charge in [0.25, 0.3) is 0 Å². The van der Waals surface area contributed by atoms with E-state index in [2.05, 4.69) is 140 Å². The Balaban J connectivity index is 0.00000241. The average Bonchev–Trinajstić information content (AvgIpc) is 3.20. The van der Waals surface area contributed by atoms with Crippen molar-refractivity contribution in [3.8, 4) is 0 Å². The minimum absolute atomic E-state index is 0. The Kier molecular flexibility index (Phi) is 6.31. The first-order valence-corrected chi connectivity index (χ1v) is 11.5. The van der Waals surface area contributed by atoms with Gasteiger partial charge in [0, 0.05) is 22.7 Å². The van der Waals surface area contributed by atoms with Crippen molar-refractivity contribution in [2.24, 2.45) is 5.92 Å². The van der Waals surface area contributed by atoms with Crippen molar-refractivity contribution in [2.75, 3.05) is 0 Å². The zero-order valence-corrected chi connectivity index (χ0v) is 19.7. The van der Waals surface area contributed by atoms with Crippen LogP contribution in [0.2, 0.25) is 0 Å². The summed E-state index contributed by atoms with van der Waals surface area (Å²) in [6.07, 6.45) is 6.70. The first kappa shape index (κ1) is 22.2. The van der Waals surface area contributed by atoms with Crippen LogP contribution in [0.5, 0.6) is 0 Å². The van der Waals surface area contributed by atoms with Gasteiger partial charge in [0.15, 0.2) is 0 Å². The predicted molar refractivity (Wildman–Crippen MR) is 140 cm³/mol. The van der Waals surface area contributed by atoms with E-state index in [1.807, 2.05) is 0 Å². The molecule has 0 amide bonds. The Labute approximate surface area is 211 Å². The maximum atomic E-state index is 2.27. The summed E-state index contributed by atoms with van der Waals surface area (Å²) in [6, 6.07) is 43.6. The second-order valence-corrected chi connectivity index (χ2v) is 8.50. The number of hydrogen-bond acceptors (Lipinski definition) is 0. The molecule has 0 spiro atoms. The van der Waals surface area contributed by atoms with E-state index in [4.69, 9.17) is 0 Å². The monoisotopic (exact) mass is 479 g/mol. The standard InChI is InChI=1S/C33H24.Co/c1-5-14-24(15-6-1)29-30(25-16-7-2-8-17-25)32(27-20-11-4-12-21-27)33(28-22-13-23-28)31(29)26-18-9-3-10-19-26;/h1-23,33H;. The molecule has 0 heterocycles. The van der Waals surface area contributed by atoms with E-state index < -0.39 is 0 Å². The second-order valence-electron chi connectivity index (χ2n) is 8.50. The topological polar surface area (TPSA) is 0 Å². The van der Waals surface area contributed by atoms with E-state index in [1.165, 1.54) is 50.1 Å². The minimum atomic E-state index is 0. The maximum absolute atomic E-state index is 2.27. The Morgan fingerprint density at radius 2 is 0.735 bits per heavy atom. The van der Waals surface area contributed by atoms with Gasteiger partial charge in [0.1, 0.15) is 0 Å². The molecule has 1 heteroatoms. The van der Waals surface area contributed by atoms with E-state index in [1.54, 1.807) is 0 Å². The molecule has 0 atom stereocenters. The molecule has 2 aliphatic carbocycles. The molecule has 0 bridgehead atoms. The molecule has 0 nitrogen and oxygen atoms in total. The van der Waals surface area contributed by atoms with E-state index in [-0.39, 0.29) is 22.7 Å². The van der Waals surface area contributed by atoms with Gasteiger partial charge in [0.05, 0.1) is 0 Å². The maximum Gasteiger partial charge on any atom is 0.0364 e. The van der Waals surface area contributed by atoms with E-state index in [9.17, 15) is 0 Å². The van der Waals surface area contributed by atoms with Crippen LogP contribution in [-0.2, 0) is 16.8 Å². The van der Waals surface area contributed by atoms with Crippen molar-refractivity contribution in [3.63, 3.8) is 0 Å². The van der Waals surface area contributed by atoms with Crippen molar-refractivity contribution in [3.05, 3.63) is 167 Å². The quantitative estimate of drug-likeness (QED) is 0.270. The molecule has 4 aromatic carbocycles. The summed E-state index contributed by atoms with van der Waals surface area (Å²) < 4.78 is 0. The third kappa shape index (κ3) is 3.84. The summed E-state index contributed by atoms with van der Waals surface area (Å²) in [6.45, 7) is 0. The van der Waals surface area contributed by atoms with Crippen LogP contribution in [0.15, 0.2) is 145 Å². The largest absolute Gasteiger partial charge is 0.0622 e. The Morgan fingerprint density at radius 3 is 1.03 bits per heavy atom. The van der Waals surface area contributed by atoms with Crippen LogP contribution in [-0.4, -0.2) is 0 Å². The average molecular weight is 479 g/mol. The van der Waals surface area contributed by atoms with Crippen molar-refractivity contribution in [1.29, 1.82) is 0 Å². The molecule has 0 aliphatic heterocycles. The molecule has 0 N–H and O–H groups in total. The first-order valence-electron chi connectivity index (χ1n) is 11.5. The molecule has 0 saturated carbocycles. The Morgan fingerprint density at radius 1 is 0.412 bits per heavy atom. The predicted octanol–water partition coefficient (Wildman–Crippen LogP) is 8.33. The van der Waals surface area contributed by atoms with Gasteiger partial charge in [-0.15, -0.1) is 0 Å². The third-order valence-corrected chi connectivity index (χ3v) is 6.57. The van der Waals surface area contributed by atoms with Gasteiger partial charge in [0.2, 0.25) is 0 Å². The molecule has 0 fully saturated rings. The van der Waals surface area contributed by atoms with Gasteiger partial charge in [-0.2, -0.15) is 0 Å². The summed E-state index contributed by atoms with van der Waals surface area (Å²) >= 11 is 0. The van der Waals surface area contributed by atoms with Gasteiger partial charge in [-0.3, -0.25) is 0 Å².